The molecule has 1 aliphatic carbocycles. The van der Waals surface area contributed by atoms with Gasteiger partial charge in [-0.25, -0.2) is 0 Å². The standard InChI is InChI=1S/C28H37N3O6/c1-3-36-16-8-15-31-24(26(33)29-18-9-5-4-6-10-18)28-14-13-21(37-28)22(23(28)27(31)34)25(32)30-19-11-7-12-20(17-19)35-2/h7,11-14,17-18,21-24H,3-6,8-10,15-16H2,1-2H3,(H,29,33)(H,30,32)/t21-,22+,23-,24+,28+/m1/s1. The van der Waals surface area contributed by atoms with Gasteiger partial charge in [0.1, 0.15) is 17.4 Å². The number of rotatable bonds is 10. The quantitative estimate of drug-likeness (QED) is 0.370. The monoisotopic (exact) mass is 511 g/mol. The second kappa shape index (κ2) is 10.8. The lowest BCUT2D eigenvalue weighted by Crippen LogP contribution is -2.56. The lowest BCUT2D eigenvalue weighted by atomic mass is 9.74. The van der Waals surface area contributed by atoms with Gasteiger partial charge in [0, 0.05) is 37.6 Å². The van der Waals surface area contributed by atoms with E-state index in [-0.39, 0.29) is 23.8 Å². The summed E-state index contributed by atoms with van der Waals surface area (Å²) in [7, 11) is 1.56. The van der Waals surface area contributed by atoms with Crippen LogP contribution in [0.5, 0.6) is 5.75 Å². The number of carbonyl (C=O) groups excluding carboxylic acids is 3. The largest absolute Gasteiger partial charge is 0.497 e. The average molecular weight is 512 g/mol. The smallest absolute Gasteiger partial charge is 0.246 e. The van der Waals surface area contributed by atoms with Crippen LogP contribution < -0.4 is 15.4 Å². The number of ether oxygens (including phenoxy) is 3. The molecule has 5 atom stereocenters. The number of anilines is 1. The lowest BCUT2D eigenvalue weighted by Gasteiger charge is -2.34. The van der Waals surface area contributed by atoms with Crippen molar-refractivity contribution in [2.45, 2.75) is 69.2 Å². The summed E-state index contributed by atoms with van der Waals surface area (Å²) in [5.74, 6) is -1.58. The Morgan fingerprint density at radius 1 is 1.19 bits per heavy atom. The van der Waals surface area contributed by atoms with Gasteiger partial charge in [-0.05, 0) is 38.3 Å². The van der Waals surface area contributed by atoms with Crippen LogP contribution in [0.3, 0.4) is 0 Å². The van der Waals surface area contributed by atoms with Crippen molar-refractivity contribution in [3.8, 4) is 5.75 Å². The first-order valence-electron chi connectivity index (χ1n) is 13.5. The summed E-state index contributed by atoms with van der Waals surface area (Å²) in [5.41, 5.74) is -0.571. The first-order chi connectivity index (χ1) is 18.0. The van der Waals surface area contributed by atoms with E-state index in [1.165, 1.54) is 6.42 Å². The molecule has 3 amide bonds. The highest BCUT2D eigenvalue weighted by atomic mass is 16.5. The zero-order valence-corrected chi connectivity index (χ0v) is 21.6. The Kier molecular flexibility index (Phi) is 7.53. The van der Waals surface area contributed by atoms with Crippen molar-refractivity contribution in [3.63, 3.8) is 0 Å². The molecule has 4 aliphatic rings. The molecule has 9 heteroatoms. The molecule has 0 aromatic heterocycles. The molecule has 0 unspecified atom stereocenters. The highest BCUT2D eigenvalue weighted by Crippen LogP contribution is 2.55. The molecule has 1 spiro atoms. The summed E-state index contributed by atoms with van der Waals surface area (Å²) < 4.78 is 17.2. The Balaban J connectivity index is 1.40. The van der Waals surface area contributed by atoms with Gasteiger partial charge in [0.15, 0.2) is 0 Å². The van der Waals surface area contributed by atoms with Crippen molar-refractivity contribution in [3.05, 3.63) is 36.4 Å². The molecule has 200 valence electrons. The lowest BCUT2D eigenvalue weighted by molar-refractivity contribution is -0.141. The third-order valence-corrected chi connectivity index (χ3v) is 8.11. The van der Waals surface area contributed by atoms with Gasteiger partial charge in [-0.1, -0.05) is 37.5 Å². The Hall–Kier alpha value is -2.91. The van der Waals surface area contributed by atoms with Gasteiger partial charge >= 0.3 is 0 Å². The van der Waals surface area contributed by atoms with E-state index in [1.54, 1.807) is 36.3 Å². The van der Waals surface area contributed by atoms with Crippen LogP contribution in [0.15, 0.2) is 36.4 Å². The van der Waals surface area contributed by atoms with Gasteiger partial charge in [0.2, 0.25) is 17.7 Å². The molecule has 37 heavy (non-hydrogen) atoms. The minimum atomic E-state index is -1.15. The normalized spacial score (nSPS) is 30.4. The Labute approximate surface area is 217 Å². The molecule has 3 heterocycles. The summed E-state index contributed by atoms with van der Waals surface area (Å²) in [5, 5.41) is 6.14. The number of benzene rings is 1. The van der Waals surface area contributed by atoms with Gasteiger partial charge in [-0.15, -0.1) is 0 Å². The second-order valence-electron chi connectivity index (χ2n) is 10.3. The Bertz CT molecular complexity index is 1050. The fraction of sp³-hybridized carbons (Fsp3) is 0.607. The summed E-state index contributed by atoms with van der Waals surface area (Å²) in [4.78, 5) is 42.8. The summed E-state index contributed by atoms with van der Waals surface area (Å²) in [6.07, 6.45) is 8.97. The highest BCUT2D eigenvalue weighted by molar-refractivity contribution is 6.02. The number of hydrogen-bond donors (Lipinski definition) is 2. The number of hydrogen-bond acceptors (Lipinski definition) is 6. The molecule has 1 aromatic carbocycles. The zero-order chi connectivity index (χ0) is 26.0. The van der Waals surface area contributed by atoms with Gasteiger partial charge in [-0.3, -0.25) is 14.4 Å². The molecule has 2 bridgehead atoms. The molecule has 9 nitrogen and oxygen atoms in total. The molecule has 1 saturated carbocycles. The zero-order valence-electron chi connectivity index (χ0n) is 21.6. The molecular weight excluding hydrogens is 474 g/mol. The van der Waals surface area contributed by atoms with Gasteiger partial charge in [-0.2, -0.15) is 0 Å². The third-order valence-electron chi connectivity index (χ3n) is 8.11. The van der Waals surface area contributed by atoms with Crippen LogP contribution in [-0.2, 0) is 23.9 Å². The van der Waals surface area contributed by atoms with E-state index >= 15 is 0 Å². The van der Waals surface area contributed by atoms with E-state index in [0.717, 1.165) is 25.7 Å². The van der Waals surface area contributed by atoms with Crippen LogP contribution in [-0.4, -0.2) is 73.3 Å². The summed E-state index contributed by atoms with van der Waals surface area (Å²) in [6.45, 7) is 3.37. The van der Waals surface area contributed by atoms with Crippen molar-refractivity contribution in [2.75, 3.05) is 32.2 Å². The molecule has 0 radical (unpaired) electrons. The SMILES string of the molecule is CCOCCCN1C(=O)[C@H]2[C@@H](C(=O)Nc3cccc(OC)c3)[C@H]3C=C[C@@]2(O3)[C@@H]1C(=O)NC1CCCCC1. The predicted molar refractivity (Wildman–Crippen MR) is 137 cm³/mol. The molecule has 3 fully saturated rings. The third kappa shape index (κ3) is 4.75. The van der Waals surface area contributed by atoms with Crippen molar-refractivity contribution >= 4 is 23.4 Å². The number of carbonyl (C=O) groups is 3. The summed E-state index contributed by atoms with van der Waals surface area (Å²) >= 11 is 0. The van der Waals surface area contributed by atoms with Gasteiger partial charge in [0.25, 0.3) is 0 Å². The van der Waals surface area contributed by atoms with Crippen LogP contribution in [0.1, 0.15) is 45.4 Å². The van der Waals surface area contributed by atoms with E-state index in [4.69, 9.17) is 14.2 Å². The Morgan fingerprint density at radius 3 is 2.76 bits per heavy atom. The molecular formula is C28H37N3O6. The maximum absolute atomic E-state index is 13.9. The molecule has 2 N–H and O–H groups in total. The first kappa shape index (κ1) is 25.7. The molecule has 5 rings (SSSR count). The van der Waals surface area contributed by atoms with E-state index in [9.17, 15) is 14.4 Å². The van der Waals surface area contributed by atoms with Crippen molar-refractivity contribution in [1.82, 2.24) is 10.2 Å². The number of likely N-dealkylation sites (tertiary alicyclic amines) is 1. The molecule has 2 saturated heterocycles. The average Bonchev–Trinajstić information content (AvgIpc) is 3.54. The number of fused-ring (bicyclic) bond motifs is 1. The number of amides is 3. The van der Waals surface area contributed by atoms with Crippen LogP contribution in [0.25, 0.3) is 0 Å². The minimum Gasteiger partial charge on any atom is -0.497 e. The maximum Gasteiger partial charge on any atom is 0.246 e. The van der Waals surface area contributed by atoms with Crippen molar-refractivity contribution in [2.24, 2.45) is 11.8 Å². The number of nitrogens with one attached hydrogen (secondary N) is 2. The number of methoxy groups -OCH3 is 1. The number of nitrogens with zero attached hydrogens (tertiary/aromatic N) is 1. The first-order valence-corrected chi connectivity index (χ1v) is 13.5. The van der Waals surface area contributed by atoms with Crippen molar-refractivity contribution in [1.29, 1.82) is 0 Å². The van der Waals surface area contributed by atoms with E-state index < -0.39 is 29.6 Å². The van der Waals surface area contributed by atoms with E-state index in [0.29, 0.717) is 37.6 Å². The second-order valence-corrected chi connectivity index (χ2v) is 10.3. The van der Waals surface area contributed by atoms with Crippen LogP contribution in [0, 0.1) is 11.8 Å². The van der Waals surface area contributed by atoms with Gasteiger partial charge < -0.3 is 29.7 Å². The summed E-state index contributed by atoms with van der Waals surface area (Å²) in [6, 6.07) is 6.38. The predicted octanol–water partition coefficient (Wildman–Crippen LogP) is 2.66. The highest BCUT2D eigenvalue weighted by Gasteiger charge is 2.72. The molecule has 1 aromatic rings. The topological polar surface area (TPSA) is 106 Å². The molecule has 3 aliphatic heterocycles. The minimum absolute atomic E-state index is 0.104. The van der Waals surface area contributed by atoms with Crippen LogP contribution >= 0.6 is 0 Å². The van der Waals surface area contributed by atoms with Gasteiger partial charge in [0.05, 0.1) is 25.0 Å². The van der Waals surface area contributed by atoms with E-state index in [1.807, 2.05) is 19.1 Å². The fourth-order valence-electron chi connectivity index (χ4n) is 6.44. The van der Waals surface area contributed by atoms with Crippen LogP contribution in [0.4, 0.5) is 5.69 Å². The van der Waals surface area contributed by atoms with Crippen LogP contribution in [0.2, 0.25) is 0 Å². The van der Waals surface area contributed by atoms with E-state index in [2.05, 4.69) is 10.6 Å². The fourth-order valence-corrected chi connectivity index (χ4v) is 6.44. The Morgan fingerprint density at radius 2 is 2.00 bits per heavy atom. The maximum atomic E-state index is 13.9. The van der Waals surface area contributed by atoms with Crippen molar-refractivity contribution < 1.29 is 28.6 Å².